The molecule has 0 aliphatic carbocycles. The van der Waals surface area contributed by atoms with Crippen LogP contribution in [0.4, 0.5) is 5.69 Å². The minimum atomic E-state index is -0.591. The lowest BCUT2D eigenvalue weighted by Gasteiger charge is -2.06. The number of ether oxygens (including phenoxy) is 3. The fourth-order valence-corrected chi connectivity index (χ4v) is 2.18. The van der Waals surface area contributed by atoms with Crippen molar-refractivity contribution in [2.45, 2.75) is 0 Å². The summed E-state index contributed by atoms with van der Waals surface area (Å²) in [5.41, 5.74) is 0.635. The van der Waals surface area contributed by atoms with Crippen LogP contribution in [0.5, 0.6) is 17.2 Å². The van der Waals surface area contributed by atoms with Gasteiger partial charge in [-0.05, 0) is 35.9 Å². The zero-order valence-electron chi connectivity index (χ0n) is 14.0. The first-order chi connectivity index (χ1) is 12.0. The van der Waals surface area contributed by atoms with Gasteiger partial charge >= 0.3 is 5.69 Å². The third kappa shape index (κ3) is 4.35. The number of nitro groups is 1. The van der Waals surface area contributed by atoms with Crippen LogP contribution in [0.15, 0.2) is 42.5 Å². The van der Waals surface area contributed by atoms with Crippen molar-refractivity contribution in [3.63, 3.8) is 0 Å². The summed E-state index contributed by atoms with van der Waals surface area (Å²) >= 11 is 0. The molecule has 0 atom stereocenters. The number of ketones is 1. The van der Waals surface area contributed by atoms with Crippen LogP contribution < -0.4 is 14.2 Å². The molecule has 0 amide bonds. The van der Waals surface area contributed by atoms with Crippen LogP contribution in [0.2, 0.25) is 0 Å². The zero-order valence-corrected chi connectivity index (χ0v) is 14.0. The monoisotopic (exact) mass is 343 g/mol. The van der Waals surface area contributed by atoms with Gasteiger partial charge in [-0.1, -0.05) is 6.08 Å². The van der Waals surface area contributed by atoms with Gasteiger partial charge in [0.05, 0.1) is 26.3 Å². The Balaban J connectivity index is 2.29. The standard InChI is InChI=1S/C18H17NO6/c1-23-14-8-12(9-15(11-14)24-2)4-6-17(20)13-5-7-18(25-3)16(10-13)19(21)22/h4-11H,1-3H3/b6-4+. The van der Waals surface area contributed by atoms with E-state index in [4.69, 9.17) is 14.2 Å². The lowest BCUT2D eigenvalue weighted by atomic mass is 10.1. The second-order valence-electron chi connectivity index (χ2n) is 4.99. The van der Waals surface area contributed by atoms with E-state index in [0.29, 0.717) is 17.1 Å². The molecule has 0 aliphatic heterocycles. The van der Waals surface area contributed by atoms with E-state index in [-0.39, 0.29) is 22.8 Å². The number of hydrogen-bond donors (Lipinski definition) is 0. The van der Waals surface area contributed by atoms with Crippen LogP contribution in [0.1, 0.15) is 15.9 Å². The van der Waals surface area contributed by atoms with Crippen LogP contribution in [0, 0.1) is 10.1 Å². The summed E-state index contributed by atoms with van der Waals surface area (Å²) in [6.07, 6.45) is 2.92. The highest BCUT2D eigenvalue weighted by molar-refractivity contribution is 6.07. The summed E-state index contributed by atoms with van der Waals surface area (Å²) in [5, 5.41) is 11.0. The number of carbonyl (C=O) groups excluding carboxylic acids is 1. The Morgan fingerprint density at radius 1 is 1.00 bits per heavy atom. The molecular weight excluding hydrogens is 326 g/mol. The van der Waals surface area contributed by atoms with Crippen LogP contribution in [0.25, 0.3) is 6.08 Å². The number of allylic oxidation sites excluding steroid dienone is 1. The average molecular weight is 343 g/mol. The lowest BCUT2D eigenvalue weighted by Crippen LogP contribution is -1.99. The molecule has 2 aromatic rings. The largest absolute Gasteiger partial charge is 0.497 e. The van der Waals surface area contributed by atoms with E-state index in [2.05, 4.69) is 0 Å². The Morgan fingerprint density at radius 3 is 2.16 bits per heavy atom. The van der Waals surface area contributed by atoms with E-state index in [1.807, 2.05) is 0 Å². The fraction of sp³-hybridized carbons (Fsp3) is 0.167. The van der Waals surface area contributed by atoms with E-state index < -0.39 is 4.92 Å². The summed E-state index contributed by atoms with van der Waals surface area (Å²) in [6, 6.07) is 9.26. The van der Waals surface area contributed by atoms with Crippen LogP contribution in [-0.2, 0) is 0 Å². The number of carbonyl (C=O) groups is 1. The first-order valence-electron chi connectivity index (χ1n) is 7.26. The van der Waals surface area contributed by atoms with Crippen molar-refractivity contribution in [2.24, 2.45) is 0 Å². The van der Waals surface area contributed by atoms with Gasteiger partial charge in [-0.2, -0.15) is 0 Å². The highest BCUT2D eigenvalue weighted by atomic mass is 16.6. The topological polar surface area (TPSA) is 87.9 Å². The van der Waals surface area contributed by atoms with Gasteiger partial charge in [0, 0.05) is 17.7 Å². The molecule has 0 bridgehead atoms. The molecule has 0 radical (unpaired) electrons. The molecule has 0 unspecified atom stereocenters. The van der Waals surface area contributed by atoms with Crippen molar-refractivity contribution >= 4 is 17.5 Å². The summed E-state index contributed by atoms with van der Waals surface area (Å²) in [4.78, 5) is 22.7. The average Bonchev–Trinajstić information content (AvgIpc) is 2.64. The fourth-order valence-electron chi connectivity index (χ4n) is 2.18. The van der Waals surface area contributed by atoms with Gasteiger partial charge in [-0.15, -0.1) is 0 Å². The summed E-state index contributed by atoms with van der Waals surface area (Å²) in [5.74, 6) is 0.911. The van der Waals surface area contributed by atoms with Gasteiger partial charge in [0.2, 0.25) is 0 Å². The highest BCUT2D eigenvalue weighted by Crippen LogP contribution is 2.28. The van der Waals surface area contributed by atoms with E-state index in [0.717, 1.165) is 0 Å². The molecule has 0 aromatic heterocycles. The van der Waals surface area contributed by atoms with Crippen molar-refractivity contribution < 1.29 is 23.9 Å². The number of nitrogens with zero attached hydrogens (tertiary/aromatic N) is 1. The molecule has 25 heavy (non-hydrogen) atoms. The van der Waals surface area contributed by atoms with Crippen molar-refractivity contribution in [1.29, 1.82) is 0 Å². The Hall–Kier alpha value is -3.35. The smallest absolute Gasteiger partial charge is 0.311 e. The van der Waals surface area contributed by atoms with Crippen molar-refractivity contribution in [1.82, 2.24) is 0 Å². The summed E-state index contributed by atoms with van der Waals surface area (Å²) in [6.45, 7) is 0. The van der Waals surface area contributed by atoms with E-state index in [1.54, 1.807) is 24.3 Å². The number of rotatable bonds is 7. The molecule has 7 nitrogen and oxygen atoms in total. The van der Waals surface area contributed by atoms with Gasteiger partial charge in [-0.3, -0.25) is 14.9 Å². The molecule has 0 saturated carbocycles. The molecule has 0 spiro atoms. The van der Waals surface area contributed by atoms with E-state index in [9.17, 15) is 14.9 Å². The van der Waals surface area contributed by atoms with Crippen LogP contribution >= 0.6 is 0 Å². The molecule has 2 aromatic carbocycles. The van der Waals surface area contributed by atoms with E-state index in [1.165, 1.54) is 45.6 Å². The minimum absolute atomic E-state index is 0.100. The Labute approximate surface area is 144 Å². The van der Waals surface area contributed by atoms with Gasteiger partial charge in [0.25, 0.3) is 0 Å². The molecule has 0 saturated heterocycles. The molecule has 0 fully saturated rings. The third-order valence-electron chi connectivity index (χ3n) is 3.46. The lowest BCUT2D eigenvalue weighted by molar-refractivity contribution is -0.385. The molecule has 130 valence electrons. The minimum Gasteiger partial charge on any atom is -0.497 e. The Bertz CT molecular complexity index is 806. The zero-order chi connectivity index (χ0) is 18.4. The predicted molar refractivity (Wildman–Crippen MR) is 92.6 cm³/mol. The van der Waals surface area contributed by atoms with Gasteiger partial charge in [0.15, 0.2) is 11.5 Å². The van der Waals surface area contributed by atoms with Crippen molar-refractivity contribution in [2.75, 3.05) is 21.3 Å². The van der Waals surface area contributed by atoms with Gasteiger partial charge < -0.3 is 14.2 Å². The molecule has 7 heteroatoms. The second-order valence-corrected chi connectivity index (χ2v) is 4.99. The van der Waals surface area contributed by atoms with Crippen molar-refractivity contribution in [3.05, 3.63) is 63.7 Å². The summed E-state index contributed by atoms with van der Waals surface area (Å²) in [7, 11) is 4.40. The maximum Gasteiger partial charge on any atom is 0.311 e. The van der Waals surface area contributed by atoms with Crippen molar-refractivity contribution in [3.8, 4) is 17.2 Å². The number of nitro benzene ring substituents is 1. The SMILES string of the molecule is COc1cc(/C=C/C(=O)c2ccc(OC)c([N+](=O)[O-])c2)cc(OC)c1. The Morgan fingerprint density at radius 2 is 1.64 bits per heavy atom. The second kappa shape index (κ2) is 7.96. The molecule has 0 N–H and O–H groups in total. The maximum absolute atomic E-state index is 12.3. The quantitative estimate of drug-likeness (QED) is 0.331. The first kappa shape index (κ1) is 18.0. The molecule has 0 heterocycles. The van der Waals surface area contributed by atoms with Crippen LogP contribution in [-0.4, -0.2) is 32.0 Å². The normalized spacial score (nSPS) is 10.5. The van der Waals surface area contributed by atoms with Crippen LogP contribution in [0.3, 0.4) is 0 Å². The number of methoxy groups -OCH3 is 3. The van der Waals surface area contributed by atoms with Gasteiger partial charge in [-0.25, -0.2) is 0 Å². The molecular formula is C18H17NO6. The van der Waals surface area contributed by atoms with E-state index >= 15 is 0 Å². The summed E-state index contributed by atoms with van der Waals surface area (Å²) < 4.78 is 15.3. The number of benzene rings is 2. The highest BCUT2D eigenvalue weighted by Gasteiger charge is 2.17. The number of hydrogen-bond acceptors (Lipinski definition) is 6. The Kier molecular flexibility index (Phi) is 5.73. The third-order valence-corrected chi connectivity index (χ3v) is 3.46. The predicted octanol–water partition coefficient (Wildman–Crippen LogP) is 3.52. The first-order valence-corrected chi connectivity index (χ1v) is 7.26. The molecule has 0 aliphatic rings. The maximum atomic E-state index is 12.3. The van der Waals surface area contributed by atoms with Gasteiger partial charge in [0.1, 0.15) is 11.5 Å². The molecule has 2 rings (SSSR count).